The summed E-state index contributed by atoms with van der Waals surface area (Å²) in [4.78, 5) is 12.7. The predicted molar refractivity (Wildman–Crippen MR) is 110 cm³/mol. The number of aromatic nitrogens is 3. The Morgan fingerprint density at radius 2 is 1.93 bits per heavy atom. The van der Waals surface area contributed by atoms with Gasteiger partial charge in [0.1, 0.15) is 0 Å². The highest BCUT2D eigenvalue weighted by Gasteiger charge is 2.09. The number of nitrogens with zero attached hydrogens (tertiary/aromatic N) is 3. The van der Waals surface area contributed by atoms with E-state index in [2.05, 4.69) is 30.9 Å². The Hall–Kier alpha value is -3.39. The average molecular weight is 379 g/mol. The van der Waals surface area contributed by atoms with Gasteiger partial charge in [-0.1, -0.05) is 6.07 Å². The van der Waals surface area contributed by atoms with Gasteiger partial charge in [0.25, 0.3) is 6.01 Å². The standard InChI is InChI=1S/C19H17N5O2S/c1-27(2,25)24-16-5-3-4-15(9-16)23-19-22-12-18(26-19)14-8-13-6-7-20-11-17(13)21-10-14/h3-12H,1H2,2H3,(H,22,23)(H,24,25). The van der Waals surface area contributed by atoms with Gasteiger partial charge in [0.2, 0.25) is 0 Å². The van der Waals surface area contributed by atoms with Crippen LogP contribution in [0.1, 0.15) is 0 Å². The minimum absolute atomic E-state index is 0.351. The van der Waals surface area contributed by atoms with Gasteiger partial charge in [0, 0.05) is 50.7 Å². The third-order valence-electron chi connectivity index (χ3n) is 3.72. The van der Waals surface area contributed by atoms with Crippen LogP contribution in [0.5, 0.6) is 0 Å². The molecule has 7 nitrogen and oxygen atoms in total. The van der Waals surface area contributed by atoms with E-state index in [0.29, 0.717) is 17.5 Å². The summed E-state index contributed by atoms with van der Waals surface area (Å²) in [6.45, 7) is 0. The first kappa shape index (κ1) is 17.0. The minimum Gasteiger partial charge on any atom is -0.423 e. The maximum absolute atomic E-state index is 11.8. The van der Waals surface area contributed by atoms with Crippen LogP contribution in [0, 0.1) is 0 Å². The molecule has 2 N–H and O–H groups in total. The number of oxazole rings is 1. The number of benzene rings is 1. The summed E-state index contributed by atoms with van der Waals surface area (Å²) in [6.07, 6.45) is 8.35. The molecule has 8 heteroatoms. The number of anilines is 3. The molecule has 0 saturated carbocycles. The first-order valence-corrected chi connectivity index (χ1v) is 10.2. The Bertz CT molecular complexity index is 1220. The van der Waals surface area contributed by atoms with Crippen LogP contribution >= 0.6 is 0 Å². The van der Waals surface area contributed by atoms with E-state index < -0.39 is 9.71 Å². The highest BCUT2D eigenvalue weighted by atomic mass is 32.2. The fraction of sp³-hybridized carbons (Fsp3) is 0.0526. The van der Waals surface area contributed by atoms with Crippen molar-refractivity contribution in [3.05, 3.63) is 61.2 Å². The third-order valence-corrected chi connectivity index (χ3v) is 4.39. The molecule has 0 spiro atoms. The lowest BCUT2D eigenvalue weighted by molar-refractivity contribution is 0.592. The number of fused-ring (bicyclic) bond motifs is 1. The van der Waals surface area contributed by atoms with Crippen molar-refractivity contribution in [1.29, 1.82) is 0 Å². The van der Waals surface area contributed by atoms with Gasteiger partial charge in [0.05, 0.1) is 17.9 Å². The predicted octanol–water partition coefficient (Wildman–Crippen LogP) is 3.70. The van der Waals surface area contributed by atoms with Crippen LogP contribution in [0.3, 0.4) is 0 Å². The molecule has 3 aromatic heterocycles. The summed E-state index contributed by atoms with van der Waals surface area (Å²) in [6, 6.07) is 11.5. The minimum atomic E-state index is -2.34. The van der Waals surface area contributed by atoms with Gasteiger partial charge in [-0.2, -0.15) is 0 Å². The van der Waals surface area contributed by atoms with E-state index in [4.69, 9.17) is 4.42 Å². The Kier molecular flexibility index (Phi) is 4.25. The largest absolute Gasteiger partial charge is 0.423 e. The molecule has 0 radical (unpaired) electrons. The molecule has 0 aliphatic heterocycles. The van der Waals surface area contributed by atoms with E-state index in [1.165, 1.54) is 0 Å². The number of rotatable bonds is 5. The zero-order valence-electron chi connectivity index (χ0n) is 14.5. The quantitative estimate of drug-likeness (QED) is 0.514. The van der Waals surface area contributed by atoms with Crippen molar-refractivity contribution in [3.8, 4) is 11.3 Å². The molecule has 27 heavy (non-hydrogen) atoms. The Morgan fingerprint density at radius 3 is 2.78 bits per heavy atom. The van der Waals surface area contributed by atoms with Gasteiger partial charge in [-0.3, -0.25) is 9.97 Å². The van der Waals surface area contributed by atoms with Crippen LogP contribution in [-0.4, -0.2) is 31.3 Å². The summed E-state index contributed by atoms with van der Waals surface area (Å²) in [5.74, 6) is 4.20. The monoisotopic (exact) mass is 379 g/mol. The molecular weight excluding hydrogens is 362 g/mol. The highest BCUT2D eigenvalue weighted by molar-refractivity contribution is 8.00. The van der Waals surface area contributed by atoms with E-state index in [1.54, 1.807) is 31.0 Å². The van der Waals surface area contributed by atoms with E-state index >= 15 is 0 Å². The van der Waals surface area contributed by atoms with Crippen molar-refractivity contribution in [1.82, 2.24) is 15.0 Å². The van der Waals surface area contributed by atoms with Gasteiger partial charge in [-0.25, -0.2) is 9.19 Å². The normalized spacial score (nSPS) is 13.2. The maximum Gasteiger partial charge on any atom is 0.299 e. The SMILES string of the molecule is C=S(C)(=O)Nc1cccc(Nc2ncc(-c3cnc4cnccc4c3)o2)c1. The van der Waals surface area contributed by atoms with Gasteiger partial charge in [0.15, 0.2) is 5.76 Å². The number of hydrogen-bond donors (Lipinski definition) is 2. The lowest BCUT2D eigenvalue weighted by atomic mass is 10.2. The number of pyridine rings is 2. The highest BCUT2D eigenvalue weighted by Crippen LogP contribution is 2.27. The van der Waals surface area contributed by atoms with Gasteiger partial charge >= 0.3 is 0 Å². The van der Waals surface area contributed by atoms with Crippen LogP contribution in [0.2, 0.25) is 0 Å². The molecule has 0 aliphatic carbocycles. The second kappa shape index (κ2) is 6.73. The van der Waals surface area contributed by atoms with E-state index in [0.717, 1.165) is 22.2 Å². The smallest absolute Gasteiger partial charge is 0.299 e. The summed E-state index contributed by atoms with van der Waals surface area (Å²) in [5.41, 5.74) is 3.09. The van der Waals surface area contributed by atoms with Crippen LogP contribution < -0.4 is 10.0 Å². The molecule has 0 amide bonds. The first-order chi connectivity index (χ1) is 13.0. The van der Waals surface area contributed by atoms with Gasteiger partial charge in [-0.15, -0.1) is 0 Å². The van der Waals surface area contributed by atoms with Crippen LogP contribution in [0.4, 0.5) is 17.4 Å². The lowest BCUT2D eigenvalue weighted by Crippen LogP contribution is -2.09. The van der Waals surface area contributed by atoms with Crippen molar-refractivity contribution in [2.75, 3.05) is 16.3 Å². The fourth-order valence-corrected chi connectivity index (χ4v) is 3.23. The summed E-state index contributed by atoms with van der Waals surface area (Å²) in [5, 5.41) is 4.07. The van der Waals surface area contributed by atoms with Crippen molar-refractivity contribution in [2.24, 2.45) is 0 Å². The summed E-state index contributed by atoms with van der Waals surface area (Å²) in [7, 11) is -2.34. The van der Waals surface area contributed by atoms with Crippen LogP contribution in [0.15, 0.2) is 65.6 Å². The number of nitrogens with one attached hydrogen (secondary N) is 2. The van der Waals surface area contributed by atoms with Crippen molar-refractivity contribution >= 4 is 43.9 Å². The second-order valence-corrected chi connectivity index (χ2v) is 8.35. The molecule has 1 aromatic carbocycles. The first-order valence-electron chi connectivity index (χ1n) is 8.09. The maximum atomic E-state index is 11.8. The molecule has 0 aliphatic rings. The Balaban J connectivity index is 1.56. The molecule has 0 bridgehead atoms. The topological polar surface area (TPSA) is 92.9 Å². The fourth-order valence-electron chi connectivity index (χ4n) is 2.60. The third kappa shape index (κ3) is 4.06. The lowest BCUT2D eigenvalue weighted by Gasteiger charge is -2.09. The molecule has 1 unspecified atom stereocenters. The average Bonchev–Trinajstić information content (AvgIpc) is 3.08. The molecule has 3 heterocycles. The molecule has 1 atom stereocenters. The summed E-state index contributed by atoms with van der Waals surface area (Å²) < 4.78 is 20.5. The van der Waals surface area contributed by atoms with E-state index in [9.17, 15) is 4.21 Å². The summed E-state index contributed by atoms with van der Waals surface area (Å²) >= 11 is 0. The van der Waals surface area contributed by atoms with Gasteiger partial charge in [-0.05, 0) is 36.2 Å². The van der Waals surface area contributed by atoms with E-state index in [1.807, 2.05) is 36.4 Å². The molecule has 4 aromatic rings. The van der Waals surface area contributed by atoms with Crippen molar-refractivity contribution in [2.45, 2.75) is 0 Å². The Labute approximate surface area is 156 Å². The molecule has 4 rings (SSSR count). The molecule has 136 valence electrons. The Morgan fingerprint density at radius 1 is 1.07 bits per heavy atom. The van der Waals surface area contributed by atoms with Crippen molar-refractivity contribution in [3.63, 3.8) is 0 Å². The van der Waals surface area contributed by atoms with Crippen LogP contribution in [0.25, 0.3) is 22.2 Å². The van der Waals surface area contributed by atoms with Gasteiger partial charge < -0.3 is 14.5 Å². The molecular formula is C19H17N5O2S. The molecule has 0 fully saturated rings. The number of hydrogen-bond acceptors (Lipinski definition) is 6. The van der Waals surface area contributed by atoms with E-state index in [-0.39, 0.29) is 0 Å². The second-order valence-electron chi connectivity index (χ2n) is 6.13. The van der Waals surface area contributed by atoms with Crippen molar-refractivity contribution < 1.29 is 8.63 Å². The zero-order valence-corrected chi connectivity index (χ0v) is 15.4. The molecule has 0 saturated heterocycles. The zero-order chi connectivity index (χ0) is 18.9. The van der Waals surface area contributed by atoms with Crippen LogP contribution in [-0.2, 0) is 9.71 Å².